The molecule has 0 aliphatic carbocycles. The van der Waals surface area contributed by atoms with Crippen LogP contribution in [0.15, 0.2) is 59.5 Å². The van der Waals surface area contributed by atoms with Crippen LogP contribution in [-0.4, -0.2) is 4.21 Å². The molecule has 82 valence electrons. The number of rotatable bonds is 3. The maximum Gasteiger partial charge on any atom is 0.240 e. The summed E-state index contributed by atoms with van der Waals surface area (Å²) in [6, 6.07) is 15.8. The second-order valence-electron chi connectivity index (χ2n) is 3.09. The highest BCUT2D eigenvalue weighted by Gasteiger charge is 2.05. The first-order chi connectivity index (χ1) is 7.75. The molecule has 0 saturated carbocycles. The third-order valence-corrected chi connectivity index (χ3v) is 3.17. The van der Waals surface area contributed by atoms with E-state index in [2.05, 4.69) is 0 Å². The summed E-state index contributed by atoms with van der Waals surface area (Å²) in [6.45, 7) is 0. The summed E-state index contributed by atoms with van der Waals surface area (Å²) in [5.41, 5.74) is 0. The fraction of sp³-hybridized carbons (Fsp3) is 0. The van der Waals surface area contributed by atoms with Gasteiger partial charge in [0.2, 0.25) is 11.1 Å². The SMILES string of the molecule is O=S(Oc1ccc(Cl)cc1)c1ccccc1. The third kappa shape index (κ3) is 2.84. The lowest BCUT2D eigenvalue weighted by atomic mass is 10.3. The summed E-state index contributed by atoms with van der Waals surface area (Å²) in [7, 11) is 0. The van der Waals surface area contributed by atoms with E-state index in [1.54, 1.807) is 36.4 Å². The third-order valence-electron chi connectivity index (χ3n) is 1.92. The van der Waals surface area contributed by atoms with Gasteiger partial charge in [-0.05, 0) is 36.4 Å². The predicted molar refractivity (Wildman–Crippen MR) is 64.9 cm³/mol. The molecule has 2 aromatic carbocycles. The van der Waals surface area contributed by atoms with Gasteiger partial charge in [0.05, 0.1) is 4.90 Å². The van der Waals surface area contributed by atoms with Crippen LogP contribution in [-0.2, 0) is 11.1 Å². The zero-order valence-electron chi connectivity index (χ0n) is 8.30. The van der Waals surface area contributed by atoms with Gasteiger partial charge in [-0.25, -0.2) is 4.21 Å². The molecular formula is C12H9ClO2S. The smallest absolute Gasteiger partial charge is 0.240 e. The highest BCUT2D eigenvalue weighted by Crippen LogP contribution is 2.18. The first-order valence-corrected chi connectivity index (χ1v) is 6.12. The topological polar surface area (TPSA) is 26.3 Å². The molecule has 16 heavy (non-hydrogen) atoms. The Bertz CT molecular complexity index is 482. The molecule has 0 amide bonds. The molecule has 2 aromatic rings. The Balaban J connectivity index is 2.11. The van der Waals surface area contributed by atoms with E-state index < -0.39 is 11.1 Å². The fourth-order valence-electron chi connectivity index (χ4n) is 1.16. The van der Waals surface area contributed by atoms with Crippen LogP contribution in [0.25, 0.3) is 0 Å². The summed E-state index contributed by atoms with van der Waals surface area (Å²) in [6.07, 6.45) is 0. The molecule has 0 spiro atoms. The molecular weight excluding hydrogens is 244 g/mol. The van der Waals surface area contributed by atoms with Crippen LogP contribution in [0, 0.1) is 0 Å². The van der Waals surface area contributed by atoms with E-state index in [-0.39, 0.29) is 0 Å². The number of benzene rings is 2. The summed E-state index contributed by atoms with van der Waals surface area (Å²) in [5.74, 6) is 0.534. The average Bonchev–Trinajstić information content (AvgIpc) is 2.33. The van der Waals surface area contributed by atoms with Gasteiger partial charge in [-0.2, -0.15) is 0 Å². The molecule has 1 unspecified atom stereocenters. The molecule has 4 heteroatoms. The van der Waals surface area contributed by atoms with Crippen molar-refractivity contribution < 1.29 is 8.39 Å². The Morgan fingerprint density at radius 1 is 0.938 bits per heavy atom. The summed E-state index contributed by atoms with van der Waals surface area (Å²) in [4.78, 5) is 0.637. The second-order valence-corrected chi connectivity index (χ2v) is 4.63. The molecule has 0 heterocycles. The Hall–Kier alpha value is -1.32. The first-order valence-electron chi connectivity index (χ1n) is 4.66. The summed E-state index contributed by atoms with van der Waals surface area (Å²) >= 11 is 4.25. The van der Waals surface area contributed by atoms with E-state index >= 15 is 0 Å². The second kappa shape index (κ2) is 5.14. The number of hydrogen-bond acceptors (Lipinski definition) is 2. The molecule has 0 aliphatic heterocycles. The Labute approximate surface area is 101 Å². The lowest BCUT2D eigenvalue weighted by Gasteiger charge is -2.04. The normalized spacial score (nSPS) is 12.1. The molecule has 0 aliphatic rings. The molecule has 2 nitrogen and oxygen atoms in total. The van der Waals surface area contributed by atoms with Gasteiger partial charge in [0.25, 0.3) is 0 Å². The molecule has 0 fully saturated rings. The van der Waals surface area contributed by atoms with Crippen molar-refractivity contribution in [3.63, 3.8) is 0 Å². The van der Waals surface area contributed by atoms with Crippen LogP contribution in [0.5, 0.6) is 5.75 Å². The molecule has 2 rings (SSSR count). The highest BCUT2D eigenvalue weighted by atomic mass is 35.5. The monoisotopic (exact) mass is 252 g/mol. The van der Waals surface area contributed by atoms with Crippen molar-refractivity contribution in [3.8, 4) is 5.75 Å². The predicted octanol–water partition coefficient (Wildman–Crippen LogP) is 3.44. The van der Waals surface area contributed by atoms with Gasteiger partial charge in [0.15, 0.2) is 0 Å². The van der Waals surface area contributed by atoms with Gasteiger partial charge >= 0.3 is 0 Å². The van der Waals surface area contributed by atoms with Crippen molar-refractivity contribution in [2.45, 2.75) is 4.90 Å². The molecule has 0 aromatic heterocycles. The fourth-order valence-corrected chi connectivity index (χ4v) is 2.04. The van der Waals surface area contributed by atoms with Crippen LogP contribution in [0.3, 0.4) is 0 Å². The largest absolute Gasteiger partial charge is 0.397 e. The Morgan fingerprint density at radius 3 is 2.19 bits per heavy atom. The van der Waals surface area contributed by atoms with Gasteiger partial charge < -0.3 is 4.18 Å². The van der Waals surface area contributed by atoms with Crippen molar-refractivity contribution in [2.75, 3.05) is 0 Å². The van der Waals surface area contributed by atoms with Crippen molar-refractivity contribution in [1.82, 2.24) is 0 Å². The van der Waals surface area contributed by atoms with Gasteiger partial charge in [-0.15, -0.1) is 0 Å². The average molecular weight is 253 g/mol. The van der Waals surface area contributed by atoms with E-state index in [0.29, 0.717) is 15.7 Å². The van der Waals surface area contributed by atoms with E-state index in [1.165, 1.54) is 0 Å². The molecule has 0 radical (unpaired) electrons. The van der Waals surface area contributed by atoms with Gasteiger partial charge in [-0.3, -0.25) is 0 Å². The van der Waals surface area contributed by atoms with Crippen LogP contribution >= 0.6 is 11.6 Å². The van der Waals surface area contributed by atoms with Crippen LogP contribution < -0.4 is 4.18 Å². The number of halogens is 1. The quantitative estimate of drug-likeness (QED) is 0.837. The van der Waals surface area contributed by atoms with Gasteiger partial charge in [0, 0.05) is 5.02 Å². The minimum atomic E-state index is -1.48. The van der Waals surface area contributed by atoms with Crippen molar-refractivity contribution in [1.29, 1.82) is 0 Å². The van der Waals surface area contributed by atoms with E-state index in [1.807, 2.05) is 18.2 Å². The van der Waals surface area contributed by atoms with Crippen molar-refractivity contribution in [2.24, 2.45) is 0 Å². The Kier molecular flexibility index (Phi) is 3.59. The van der Waals surface area contributed by atoms with E-state index in [0.717, 1.165) is 0 Å². The maximum atomic E-state index is 11.8. The van der Waals surface area contributed by atoms with Crippen LogP contribution in [0.4, 0.5) is 0 Å². The molecule has 0 saturated heterocycles. The molecule has 0 N–H and O–H groups in total. The van der Waals surface area contributed by atoms with Crippen molar-refractivity contribution in [3.05, 3.63) is 59.6 Å². The van der Waals surface area contributed by atoms with E-state index in [9.17, 15) is 4.21 Å². The van der Waals surface area contributed by atoms with Crippen LogP contribution in [0.1, 0.15) is 0 Å². The summed E-state index contributed by atoms with van der Waals surface area (Å²) in [5, 5.41) is 0.623. The van der Waals surface area contributed by atoms with E-state index in [4.69, 9.17) is 15.8 Å². The Morgan fingerprint density at radius 2 is 1.56 bits per heavy atom. The summed E-state index contributed by atoms with van der Waals surface area (Å²) < 4.78 is 17.0. The number of hydrogen-bond donors (Lipinski definition) is 0. The van der Waals surface area contributed by atoms with Gasteiger partial charge in [-0.1, -0.05) is 29.8 Å². The minimum Gasteiger partial charge on any atom is -0.397 e. The molecule has 1 atom stereocenters. The van der Waals surface area contributed by atoms with Gasteiger partial charge in [0.1, 0.15) is 5.75 Å². The maximum absolute atomic E-state index is 11.8. The lowest BCUT2D eigenvalue weighted by Crippen LogP contribution is -2.00. The zero-order valence-corrected chi connectivity index (χ0v) is 9.87. The highest BCUT2D eigenvalue weighted by molar-refractivity contribution is 7.80. The lowest BCUT2D eigenvalue weighted by molar-refractivity contribution is 0.562. The standard InChI is InChI=1S/C12H9ClO2S/c13-10-6-8-11(9-7-10)15-16(14)12-4-2-1-3-5-12/h1-9H. The minimum absolute atomic E-state index is 0.534. The zero-order chi connectivity index (χ0) is 11.4. The molecule has 0 bridgehead atoms. The first kappa shape index (κ1) is 11.2. The van der Waals surface area contributed by atoms with Crippen LogP contribution in [0.2, 0.25) is 5.02 Å². The van der Waals surface area contributed by atoms with Crippen molar-refractivity contribution >= 4 is 22.7 Å².